The molecular weight excluding hydrogens is 810 g/mol. The van der Waals surface area contributed by atoms with E-state index in [-0.39, 0.29) is 37.1 Å². The molecule has 0 aliphatic heterocycles. The van der Waals surface area contributed by atoms with Crippen LogP contribution in [-0.4, -0.2) is 19.3 Å². The second kappa shape index (κ2) is 16.3. The average molecular weight is 839 g/mol. The Bertz CT molecular complexity index is 3250. The van der Waals surface area contributed by atoms with Crippen LogP contribution in [0.4, 0.5) is 0 Å². The lowest BCUT2D eigenvalue weighted by Crippen LogP contribution is -2.20. The molecule has 0 saturated carbocycles. The number of rotatable bonds is 4. The number of aromatic nitrogens is 2. The van der Waals surface area contributed by atoms with Gasteiger partial charge in [-0.15, -0.1) is 0 Å². The molecule has 0 bridgehead atoms. The van der Waals surface area contributed by atoms with E-state index in [1.54, 1.807) is 60.7 Å². The second-order valence-corrected chi connectivity index (χ2v) is 14.0. The maximum atomic E-state index is 13.5. The summed E-state index contributed by atoms with van der Waals surface area (Å²) in [5, 5.41) is 29.7. The molecule has 0 aliphatic carbocycles. The van der Waals surface area contributed by atoms with Gasteiger partial charge in [0.15, 0.2) is 22.7 Å². The van der Waals surface area contributed by atoms with Gasteiger partial charge < -0.3 is 19.0 Å². The maximum Gasteiger partial charge on any atom is 0.354 e. The van der Waals surface area contributed by atoms with Gasteiger partial charge in [-0.3, -0.25) is 18.7 Å². The Morgan fingerprint density at radius 3 is 1.44 bits per heavy atom. The number of hydrogen-bond acceptors (Lipinski definition) is 10. The van der Waals surface area contributed by atoms with Gasteiger partial charge in [0.05, 0.1) is 17.1 Å². The normalized spacial score (nSPS) is 10.8. The second-order valence-electron chi connectivity index (χ2n) is 12.2. The number of fused-ring (bicyclic) bond motifs is 6. The molecule has 280 valence electrons. The fourth-order valence-corrected chi connectivity index (χ4v) is 7.45. The number of hydrogen-bond donors (Lipinski definition) is 2. The van der Waals surface area contributed by atoms with Gasteiger partial charge in [0, 0.05) is 34.0 Å². The molecular formula is C44H28BrN3O8S. The Hall–Kier alpha value is -7.14. The summed E-state index contributed by atoms with van der Waals surface area (Å²) in [6.07, 6.45) is 0. The molecule has 57 heavy (non-hydrogen) atoms. The van der Waals surface area contributed by atoms with Gasteiger partial charge in [0.25, 0.3) is 11.1 Å². The molecule has 0 saturated heterocycles. The SMILES string of the molecule is CC#N.O=c1oc2c(c(O)c1Br)c(=O)n(-c1ccccc1)c1ccccc21.O=c1oc2c(c(O)c1Sc1ccccc1)c(=O)n(-c1ccccc1)c1ccccc21. The lowest BCUT2D eigenvalue weighted by molar-refractivity contribution is 0.447. The number of nitriles is 1. The van der Waals surface area contributed by atoms with Crippen LogP contribution in [0.1, 0.15) is 6.92 Å². The molecule has 2 N–H and O–H groups in total. The monoisotopic (exact) mass is 837 g/mol. The van der Waals surface area contributed by atoms with Crippen LogP contribution in [0.2, 0.25) is 0 Å². The molecule has 0 atom stereocenters. The van der Waals surface area contributed by atoms with Crippen molar-refractivity contribution in [2.45, 2.75) is 16.7 Å². The Labute approximate surface area is 334 Å². The fraction of sp³-hybridized carbons (Fsp3) is 0.0227. The Balaban J connectivity index is 0.000000167. The number of halogens is 1. The van der Waals surface area contributed by atoms with E-state index in [0.29, 0.717) is 33.2 Å². The molecule has 0 amide bonds. The van der Waals surface area contributed by atoms with Crippen molar-refractivity contribution >= 4 is 71.4 Å². The van der Waals surface area contributed by atoms with Crippen LogP contribution in [0.15, 0.2) is 182 Å². The van der Waals surface area contributed by atoms with Crippen LogP contribution >= 0.6 is 27.7 Å². The van der Waals surface area contributed by atoms with E-state index in [9.17, 15) is 29.4 Å². The third-order valence-electron chi connectivity index (χ3n) is 8.71. The minimum Gasteiger partial charge on any atom is -0.506 e. The summed E-state index contributed by atoms with van der Waals surface area (Å²) in [6.45, 7) is 1.43. The Morgan fingerprint density at radius 2 is 0.965 bits per heavy atom. The Morgan fingerprint density at radius 1 is 0.579 bits per heavy atom. The van der Waals surface area contributed by atoms with Crippen molar-refractivity contribution in [3.05, 3.63) is 186 Å². The van der Waals surface area contributed by atoms with Gasteiger partial charge in [-0.2, -0.15) is 5.26 Å². The van der Waals surface area contributed by atoms with Crippen LogP contribution in [0.25, 0.3) is 55.1 Å². The lowest BCUT2D eigenvalue weighted by Gasteiger charge is -2.14. The Kier molecular flexibility index (Phi) is 10.9. The fourth-order valence-electron chi connectivity index (χ4n) is 6.31. The predicted molar refractivity (Wildman–Crippen MR) is 224 cm³/mol. The maximum absolute atomic E-state index is 13.5. The van der Waals surface area contributed by atoms with E-state index in [0.717, 1.165) is 16.7 Å². The predicted octanol–water partition coefficient (Wildman–Crippen LogP) is 9.05. The van der Waals surface area contributed by atoms with Crippen LogP contribution < -0.4 is 22.4 Å². The number of aromatic hydroxyl groups is 2. The van der Waals surface area contributed by atoms with Crippen molar-refractivity contribution in [3.63, 3.8) is 0 Å². The van der Waals surface area contributed by atoms with Crippen molar-refractivity contribution in [2.75, 3.05) is 0 Å². The summed E-state index contributed by atoms with van der Waals surface area (Å²) >= 11 is 4.04. The van der Waals surface area contributed by atoms with Gasteiger partial charge in [0.2, 0.25) is 0 Å². The van der Waals surface area contributed by atoms with E-state index in [2.05, 4.69) is 15.9 Å². The minimum absolute atomic E-state index is 0.0132. The number of pyridine rings is 2. The summed E-state index contributed by atoms with van der Waals surface area (Å²) in [6, 6.07) is 43.4. The molecule has 0 unspecified atom stereocenters. The highest BCUT2D eigenvalue weighted by molar-refractivity contribution is 9.10. The molecule has 4 heterocycles. The van der Waals surface area contributed by atoms with Crippen molar-refractivity contribution in [2.24, 2.45) is 0 Å². The first-order valence-electron chi connectivity index (χ1n) is 17.1. The van der Waals surface area contributed by atoms with E-state index >= 15 is 0 Å². The highest BCUT2D eigenvalue weighted by Gasteiger charge is 2.23. The molecule has 4 aromatic heterocycles. The van der Waals surface area contributed by atoms with Gasteiger partial charge in [-0.25, -0.2) is 9.59 Å². The summed E-state index contributed by atoms with van der Waals surface area (Å²) in [4.78, 5) is 51.9. The summed E-state index contributed by atoms with van der Waals surface area (Å²) in [5.74, 6) is -0.780. The quantitative estimate of drug-likeness (QED) is 0.163. The third kappa shape index (κ3) is 7.11. The molecule has 9 rings (SSSR count). The zero-order chi connectivity index (χ0) is 40.2. The summed E-state index contributed by atoms with van der Waals surface area (Å²) in [5.41, 5.74) is 0.320. The number of benzene rings is 5. The zero-order valence-corrected chi connectivity index (χ0v) is 32.2. The molecule has 11 nitrogen and oxygen atoms in total. The molecule has 13 heteroatoms. The summed E-state index contributed by atoms with van der Waals surface area (Å²) in [7, 11) is 0. The molecule has 9 aromatic rings. The topological polar surface area (TPSA) is 169 Å². The smallest absolute Gasteiger partial charge is 0.354 e. The average Bonchev–Trinajstić information content (AvgIpc) is 3.23. The van der Waals surface area contributed by atoms with Gasteiger partial charge in [-0.05, 0) is 76.6 Å². The van der Waals surface area contributed by atoms with Crippen molar-refractivity contribution in [1.29, 1.82) is 5.26 Å². The summed E-state index contributed by atoms with van der Waals surface area (Å²) < 4.78 is 13.7. The first-order chi connectivity index (χ1) is 27.7. The first-order valence-corrected chi connectivity index (χ1v) is 18.7. The molecule has 0 aliphatic rings. The molecule has 0 fully saturated rings. The van der Waals surface area contributed by atoms with Crippen LogP contribution in [-0.2, 0) is 0 Å². The van der Waals surface area contributed by atoms with E-state index in [1.165, 1.54) is 16.1 Å². The van der Waals surface area contributed by atoms with Gasteiger partial charge in [0.1, 0.15) is 20.1 Å². The highest BCUT2D eigenvalue weighted by Crippen LogP contribution is 2.37. The van der Waals surface area contributed by atoms with Crippen LogP contribution in [0.3, 0.4) is 0 Å². The zero-order valence-electron chi connectivity index (χ0n) is 29.8. The van der Waals surface area contributed by atoms with Crippen LogP contribution in [0, 0.1) is 11.3 Å². The lowest BCUT2D eigenvalue weighted by atomic mass is 10.1. The third-order valence-corrected chi connectivity index (χ3v) is 10.5. The number of para-hydroxylation sites is 4. The van der Waals surface area contributed by atoms with Gasteiger partial charge in [-0.1, -0.05) is 90.6 Å². The van der Waals surface area contributed by atoms with E-state index in [1.807, 2.05) is 84.9 Å². The van der Waals surface area contributed by atoms with E-state index < -0.39 is 28.1 Å². The molecule has 0 spiro atoms. The minimum atomic E-state index is -0.734. The highest BCUT2D eigenvalue weighted by atomic mass is 79.9. The first kappa shape index (κ1) is 38.1. The largest absolute Gasteiger partial charge is 0.506 e. The number of nitrogens with zero attached hydrogens (tertiary/aromatic N) is 3. The molecule has 5 aromatic carbocycles. The van der Waals surface area contributed by atoms with Gasteiger partial charge >= 0.3 is 11.3 Å². The molecule has 0 radical (unpaired) electrons. The van der Waals surface area contributed by atoms with Crippen LogP contribution in [0.5, 0.6) is 11.5 Å². The van der Waals surface area contributed by atoms with Crippen molar-refractivity contribution in [1.82, 2.24) is 9.13 Å². The van der Waals surface area contributed by atoms with Crippen molar-refractivity contribution in [3.8, 4) is 28.9 Å². The van der Waals surface area contributed by atoms with Crippen molar-refractivity contribution < 1.29 is 19.0 Å². The van der Waals surface area contributed by atoms with E-state index in [4.69, 9.17) is 14.1 Å². The standard InChI is InChI=1S/C24H15NO4S.C18H10BrNO4.C2H3N/c26-20-19-21(29-24(28)22(20)30-16-11-5-2-6-12-16)17-13-7-8-14-18(17)25(23(19)27)15-9-3-1-4-10-15;19-14-15(21)13-16(24-18(14)23)11-8-4-5-9-12(11)20(17(13)22)10-6-2-1-3-7-10;1-2-3/h1-14,26H;1-9,21H;1H3.